The van der Waals surface area contributed by atoms with Crippen LogP contribution in [-0.2, 0) is 6.18 Å². The molecule has 0 bridgehead atoms. The maximum absolute atomic E-state index is 12.5. The molecule has 1 heterocycles. The highest BCUT2D eigenvalue weighted by atomic mass is 19.4. The predicted molar refractivity (Wildman–Crippen MR) is 65.9 cm³/mol. The minimum absolute atomic E-state index is 0.312. The van der Waals surface area contributed by atoms with Crippen LogP contribution in [0, 0.1) is 11.3 Å². The Labute approximate surface area is 113 Å². The average Bonchev–Trinajstić information content (AvgIpc) is 2.45. The number of benzene rings is 1. The van der Waals surface area contributed by atoms with Gasteiger partial charge in [0.2, 0.25) is 0 Å². The molecule has 0 atom stereocenters. The average molecular weight is 278 g/mol. The largest absolute Gasteiger partial charge is 0.496 e. The summed E-state index contributed by atoms with van der Waals surface area (Å²) in [5.74, 6) is 0.441. The standard InChI is InChI=1S/C14H9F3N2O/c1-20-13-5-2-9(7-18)6-11(13)12-4-3-10(8-19-12)14(15,16)17/h2-6,8H,1H3. The van der Waals surface area contributed by atoms with Crippen LogP contribution < -0.4 is 4.74 Å². The van der Waals surface area contributed by atoms with E-state index in [1.165, 1.54) is 19.2 Å². The lowest BCUT2D eigenvalue weighted by molar-refractivity contribution is -0.137. The molecule has 0 saturated carbocycles. The fourth-order valence-electron chi connectivity index (χ4n) is 1.70. The molecule has 1 aromatic carbocycles. The molecule has 0 unspecified atom stereocenters. The summed E-state index contributed by atoms with van der Waals surface area (Å²) in [5, 5.41) is 8.86. The number of rotatable bonds is 2. The van der Waals surface area contributed by atoms with E-state index in [0.29, 0.717) is 22.6 Å². The molecule has 20 heavy (non-hydrogen) atoms. The van der Waals surface area contributed by atoms with Crippen molar-refractivity contribution >= 4 is 0 Å². The van der Waals surface area contributed by atoms with Crippen molar-refractivity contribution in [3.05, 3.63) is 47.7 Å². The van der Waals surface area contributed by atoms with Crippen LogP contribution >= 0.6 is 0 Å². The molecule has 102 valence electrons. The molecule has 0 N–H and O–H groups in total. The summed E-state index contributed by atoms with van der Waals surface area (Å²) in [4.78, 5) is 3.79. The van der Waals surface area contributed by atoms with Crippen LogP contribution in [0.1, 0.15) is 11.1 Å². The molecule has 6 heteroatoms. The number of ether oxygens (including phenoxy) is 1. The first kappa shape index (κ1) is 13.9. The minimum atomic E-state index is -4.43. The summed E-state index contributed by atoms with van der Waals surface area (Å²) < 4.78 is 42.6. The van der Waals surface area contributed by atoms with Crippen molar-refractivity contribution in [1.29, 1.82) is 5.26 Å². The number of pyridine rings is 1. The van der Waals surface area contributed by atoms with Gasteiger partial charge in [0.15, 0.2) is 0 Å². The van der Waals surface area contributed by atoms with Gasteiger partial charge < -0.3 is 4.74 Å². The zero-order chi connectivity index (χ0) is 14.8. The first-order chi connectivity index (χ1) is 9.45. The fourth-order valence-corrected chi connectivity index (χ4v) is 1.70. The molecular weight excluding hydrogens is 269 g/mol. The van der Waals surface area contributed by atoms with E-state index in [-0.39, 0.29) is 0 Å². The molecule has 1 aromatic heterocycles. The van der Waals surface area contributed by atoms with Crippen LogP contribution in [0.2, 0.25) is 0 Å². The molecule has 0 fully saturated rings. The minimum Gasteiger partial charge on any atom is -0.496 e. The molecule has 0 aliphatic heterocycles. The highest BCUT2D eigenvalue weighted by Crippen LogP contribution is 2.32. The molecule has 0 amide bonds. The molecule has 0 radical (unpaired) electrons. The van der Waals surface area contributed by atoms with Gasteiger partial charge in [0, 0.05) is 11.8 Å². The maximum Gasteiger partial charge on any atom is 0.417 e. The van der Waals surface area contributed by atoms with Crippen LogP contribution in [0.25, 0.3) is 11.3 Å². The first-order valence-electron chi connectivity index (χ1n) is 5.57. The molecule has 3 nitrogen and oxygen atoms in total. The Hall–Kier alpha value is -2.55. The zero-order valence-corrected chi connectivity index (χ0v) is 10.4. The first-order valence-corrected chi connectivity index (χ1v) is 5.57. The third-order valence-corrected chi connectivity index (χ3v) is 2.70. The van der Waals surface area contributed by atoms with Gasteiger partial charge in [-0.15, -0.1) is 0 Å². The number of methoxy groups -OCH3 is 1. The molecule has 0 aliphatic carbocycles. The smallest absolute Gasteiger partial charge is 0.417 e. The van der Waals surface area contributed by atoms with Crippen LogP contribution in [0.15, 0.2) is 36.5 Å². The van der Waals surface area contributed by atoms with Gasteiger partial charge in [-0.25, -0.2) is 0 Å². The van der Waals surface area contributed by atoms with E-state index in [4.69, 9.17) is 10.00 Å². The van der Waals surface area contributed by atoms with Gasteiger partial charge in [-0.1, -0.05) is 0 Å². The lowest BCUT2D eigenvalue weighted by Gasteiger charge is -2.10. The number of aromatic nitrogens is 1. The van der Waals surface area contributed by atoms with Crippen molar-refractivity contribution in [2.24, 2.45) is 0 Å². The maximum atomic E-state index is 12.5. The number of alkyl halides is 3. The molecule has 2 rings (SSSR count). The number of halogens is 3. The van der Waals surface area contributed by atoms with Gasteiger partial charge in [0.25, 0.3) is 0 Å². The van der Waals surface area contributed by atoms with Crippen LogP contribution in [-0.4, -0.2) is 12.1 Å². The molecule has 2 aromatic rings. The quantitative estimate of drug-likeness (QED) is 0.842. The third kappa shape index (κ3) is 2.72. The Morgan fingerprint density at radius 1 is 1.20 bits per heavy atom. The lowest BCUT2D eigenvalue weighted by atomic mass is 10.1. The van der Waals surface area contributed by atoms with E-state index in [9.17, 15) is 13.2 Å². The van der Waals surface area contributed by atoms with Gasteiger partial charge in [-0.2, -0.15) is 18.4 Å². The Morgan fingerprint density at radius 3 is 2.45 bits per heavy atom. The summed E-state index contributed by atoms with van der Waals surface area (Å²) in [6.45, 7) is 0. The van der Waals surface area contributed by atoms with Crippen molar-refractivity contribution in [2.75, 3.05) is 7.11 Å². The number of nitriles is 1. The van der Waals surface area contributed by atoms with E-state index in [1.54, 1.807) is 12.1 Å². The van der Waals surface area contributed by atoms with Crippen molar-refractivity contribution < 1.29 is 17.9 Å². The topological polar surface area (TPSA) is 45.9 Å². The van der Waals surface area contributed by atoms with Gasteiger partial charge in [-0.05, 0) is 30.3 Å². The Kier molecular flexibility index (Phi) is 3.61. The van der Waals surface area contributed by atoms with Crippen molar-refractivity contribution in [2.45, 2.75) is 6.18 Å². The Morgan fingerprint density at radius 2 is 1.95 bits per heavy atom. The van der Waals surface area contributed by atoms with E-state index in [1.807, 2.05) is 6.07 Å². The highest BCUT2D eigenvalue weighted by molar-refractivity contribution is 5.69. The van der Waals surface area contributed by atoms with E-state index in [2.05, 4.69) is 4.98 Å². The van der Waals surface area contributed by atoms with Crippen molar-refractivity contribution in [3.63, 3.8) is 0 Å². The molecule has 0 saturated heterocycles. The summed E-state index contributed by atoms with van der Waals surface area (Å²) >= 11 is 0. The normalized spacial score (nSPS) is 10.9. The summed E-state index contributed by atoms with van der Waals surface area (Å²) in [6, 6.07) is 8.82. The van der Waals surface area contributed by atoms with Crippen molar-refractivity contribution in [1.82, 2.24) is 4.98 Å². The number of hydrogen-bond donors (Lipinski definition) is 0. The van der Waals surface area contributed by atoms with E-state index in [0.717, 1.165) is 12.3 Å². The monoisotopic (exact) mass is 278 g/mol. The second kappa shape index (κ2) is 5.21. The summed E-state index contributed by atoms with van der Waals surface area (Å²) in [5.41, 5.74) is 0.339. The van der Waals surface area contributed by atoms with Gasteiger partial charge in [0.1, 0.15) is 5.75 Å². The van der Waals surface area contributed by atoms with Gasteiger partial charge >= 0.3 is 6.18 Å². The summed E-state index contributed by atoms with van der Waals surface area (Å²) in [7, 11) is 1.44. The Balaban J connectivity index is 2.49. The SMILES string of the molecule is COc1ccc(C#N)cc1-c1ccc(C(F)(F)F)cn1. The molecule has 0 aliphatic rings. The van der Waals surface area contributed by atoms with Gasteiger partial charge in [0.05, 0.1) is 30.0 Å². The van der Waals surface area contributed by atoms with Gasteiger partial charge in [-0.3, -0.25) is 4.98 Å². The van der Waals surface area contributed by atoms with Crippen molar-refractivity contribution in [3.8, 4) is 23.1 Å². The molecule has 0 spiro atoms. The molecular formula is C14H9F3N2O. The second-order valence-electron chi connectivity index (χ2n) is 3.96. The zero-order valence-electron chi connectivity index (χ0n) is 10.4. The van der Waals surface area contributed by atoms with E-state index < -0.39 is 11.7 Å². The third-order valence-electron chi connectivity index (χ3n) is 2.70. The van der Waals surface area contributed by atoms with Crippen LogP contribution in [0.3, 0.4) is 0 Å². The van der Waals surface area contributed by atoms with Crippen LogP contribution in [0.4, 0.5) is 13.2 Å². The van der Waals surface area contributed by atoms with E-state index >= 15 is 0 Å². The summed E-state index contributed by atoms with van der Waals surface area (Å²) in [6.07, 6.45) is -3.67. The lowest BCUT2D eigenvalue weighted by Crippen LogP contribution is -2.05. The number of hydrogen-bond acceptors (Lipinski definition) is 3. The fraction of sp³-hybridized carbons (Fsp3) is 0.143. The Bertz CT molecular complexity index is 658. The highest BCUT2D eigenvalue weighted by Gasteiger charge is 2.30. The number of nitrogens with zero attached hydrogens (tertiary/aromatic N) is 2. The van der Waals surface area contributed by atoms with Crippen LogP contribution in [0.5, 0.6) is 5.75 Å². The predicted octanol–water partition coefficient (Wildman–Crippen LogP) is 3.65. The second-order valence-corrected chi connectivity index (χ2v) is 3.96.